The standard InChI is InChI=1S/C18H16BrN3O3/c1-2-24-18(23)17-16(20-22-21-17)14-9-8-13(19)10-15(14)25-11-12-6-4-3-5-7-12/h3-10H,2,11H2,1H3,(H,20,21,22). The van der Waals surface area contributed by atoms with Gasteiger partial charge in [0.05, 0.1) is 6.61 Å². The average molecular weight is 402 g/mol. The van der Waals surface area contributed by atoms with Crippen LogP contribution < -0.4 is 4.74 Å². The first kappa shape index (κ1) is 17.2. The lowest BCUT2D eigenvalue weighted by Crippen LogP contribution is -2.07. The van der Waals surface area contributed by atoms with E-state index in [1.165, 1.54) is 0 Å². The molecule has 0 aliphatic heterocycles. The molecule has 0 bridgehead atoms. The molecule has 6 nitrogen and oxygen atoms in total. The molecule has 0 aliphatic carbocycles. The van der Waals surface area contributed by atoms with Gasteiger partial charge in [-0.25, -0.2) is 4.79 Å². The number of nitrogens with one attached hydrogen (secondary N) is 1. The number of halogens is 1. The van der Waals surface area contributed by atoms with Crippen molar-refractivity contribution in [3.05, 3.63) is 64.3 Å². The fraction of sp³-hybridized carbons (Fsp3) is 0.167. The Morgan fingerprint density at radius 3 is 2.72 bits per heavy atom. The lowest BCUT2D eigenvalue weighted by molar-refractivity contribution is 0.0520. The maximum atomic E-state index is 12.1. The zero-order valence-corrected chi connectivity index (χ0v) is 15.1. The van der Waals surface area contributed by atoms with E-state index in [-0.39, 0.29) is 12.3 Å². The van der Waals surface area contributed by atoms with Gasteiger partial charge < -0.3 is 9.47 Å². The highest BCUT2D eigenvalue weighted by molar-refractivity contribution is 9.10. The zero-order valence-electron chi connectivity index (χ0n) is 13.5. The highest BCUT2D eigenvalue weighted by Gasteiger charge is 2.22. The first-order valence-corrected chi connectivity index (χ1v) is 8.53. The third-order valence-electron chi connectivity index (χ3n) is 3.45. The number of carbonyl (C=O) groups excluding carboxylic acids is 1. The van der Waals surface area contributed by atoms with Gasteiger partial charge in [-0.1, -0.05) is 46.3 Å². The summed E-state index contributed by atoms with van der Waals surface area (Å²) in [4.78, 5) is 12.1. The smallest absolute Gasteiger partial charge is 0.361 e. The van der Waals surface area contributed by atoms with Crippen LogP contribution in [-0.2, 0) is 11.3 Å². The van der Waals surface area contributed by atoms with E-state index in [4.69, 9.17) is 9.47 Å². The summed E-state index contributed by atoms with van der Waals surface area (Å²) in [7, 11) is 0. The number of nitrogens with zero attached hydrogens (tertiary/aromatic N) is 2. The Kier molecular flexibility index (Phi) is 5.45. The van der Waals surface area contributed by atoms with Crippen LogP contribution in [0.5, 0.6) is 5.75 Å². The summed E-state index contributed by atoms with van der Waals surface area (Å²) in [6.45, 7) is 2.41. The molecular formula is C18H16BrN3O3. The van der Waals surface area contributed by atoms with E-state index < -0.39 is 5.97 Å². The van der Waals surface area contributed by atoms with Crippen LogP contribution in [-0.4, -0.2) is 28.0 Å². The number of aromatic amines is 1. The van der Waals surface area contributed by atoms with Gasteiger partial charge in [0.2, 0.25) is 0 Å². The molecule has 1 N–H and O–H groups in total. The average Bonchev–Trinajstić information content (AvgIpc) is 3.11. The highest BCUT2D eigenvalue weighted by Crippen LogP contribution is 2.33. The van der Waals surface area contributed by atoms with E-state index >= 15 is 0 Å². The minimum atomic E-state index is -0.525. The summed E-state index contributed by atoms with van der Waals surface area (Å²) < 4.78 is 11.9. The van der Waals surface area contributed by atoms with Crippen molar-refractivity contribution in [2.45, 2.75) is 13.5 Å². The predicted octanol–water partition coefficient (Wildman–Crippen LogP) is 3.99. The Morgan fingerprint density at radius 1 is 1.16 bits per heavy atom. The topological polar surface area (TPSA) is 77.1 Å². The molecule has 0 atom stereocenters. The Balaban J connectivity index is 1.92. The zero-order chi connectivity index (χ0) is 17.6. The quantitative estimate of drug-likeness (QED) is 0.631. The Morgan fingerprint density at radius 2 is 1.96 bits per heavy atom. The molecule has 7 heteroatoms. The fourth-order valence-electron chi connectivity index (χ4n) is 2.31. The molecule has 0 amide bonds. The van der Waals surface area contributed by atoms with Gasteiger partial charge in [-0.05, 0) is 30.7 Å². The van der Waals surface area contributed by atoms with E-state index in [1.54, 1.807) is 6.92 Å². The molecule has 2 aromatic carbocycles. The first-order valence-electron chi connectivity index (χ1n) is 7.73. The van der Waals surface area contributed by atoms with Crippen LogP contribution in [0.2, 0.25) is 0 Å². The van der Waals surface area contributed by atoms with Gasteiger partial charge in [0, 0.05) is 10.0 Å². The van der Waals surface area contributed by atoms with E-state index in [0.29, 0.717) is 23.6 Å². The molecule has 3 rings (SSSR count). The summed E-state index contributed by atoms with van der Waals surface area (Å²) in [6.07, 6.45) is 0. The number of rotatable bonds is 6. The number of H-pyrrole nitrogens is 1. The minimum Gasteiger partial charge on any atom is -0.488 e. The monoisotopic (exact) mass is 401 g/mol. The van der Waals surface area contributed by atoms with E-state index in [2.05, 4.69) is 31.3 Å². The highest BCUT2D eigenvalue weighted by atomic mass is 79.9. The second kappa shape index (κ2) is 7.94. The lowest BCUT2D eigenvalue weighted by Gasteiger charge is -2.11. The number of hydrogen-bond donors (Lipinski definition) is 1. The van der Waals surface area contributed by atoms with E-state index in [0.717, 1.165) is 10.0 Å². The van der Waals surface area contributed by atoms with Crippen LogP contribution in [0.15, 0.2) is 53.0 Å². The van der Waals surface area contributed by atoms with Gasteiger partial charge >= 0.3 is 5.97 Å². The van der Waals surface area contributed by atoms with Crippen molar-refractivity contribution >= 4 is 21.9 Å². The SMILES string of the molecule is CCOC(=O)c1n[nH]nc1-c1ccc(Br)cc1OCc1ccccc1. The van der Waals surface area contributed by atoms with Gasteiger partial charge in [0.1, 0.15) is 18.1 Å². The molecule has 0 saturated carbocycles. The number of esters is 1. The van der Waals surface area contributed by atoms with Crippen molar-refractivity contribution in [2.24, 2.45) is 0 Å². The molecule has 0 fully saturated rings. The number of benzene rings is 2. The maximum Gasteiger partial charge on any atom is 0.361 e. The molecular weight excluding hydrogens is 386 g/mol. The molecule has 0 saturated heterocycles. The Bertz CT molecular complexity index is 865. The van der Waals surface area contributed by atoms with Crippen molar-refractivity contribution in [3.8, 4) is 17.0 Å². The van der Waals surface area contributed by atoms with Crippen molar-refractivity contribution in [1.29, 1.82) is 0 Å². The Labute approximate surface area is 153 Å². The molecule has 25 heavy (non-hydrogen) atoms. The minimum absolute atomic E-state index is 0.133. The molecule has 128 valence electrons. The lowest BCUT2D eigenvalue weighted by atomic mass is 10.1. The van der Waals surface area contributed by atoms with Gasteiger partial charge in [-0.2, -0.15) is 10.3 Å². The van der Waals surface area contributed by atoms with Gasteiger partial charge in [0.15, 0.2) is 5.69 Å². The van der Waals surface area contributed by atoms with Crippen LogP contribution in [0.3, 0.4) is 0 Å². The number of aromatic nitrogens is 3. The second-order valence-electron chi connectivity index (χ2n) is 5.16. The van der Waals surface area contributed by atoms with Crippen LogP contribution in [0, 0.1) is 0 Å². The number of hydrogen-bond acceptors (Lipinski definition) is 5. The van der Waals surface area contributed by atoms with Crippen molar-refractivity contribution in [1.82, 2.24) is 15.4 Å². The predicted molar refractivity (Wildman–Crippen MR) is 96.2 cm³/mol. The Hall–Kier alpha value is -2.67. The number of ether oxygens (including phenoxy) is 2. The van der Waals surface area contributed by atoms with Gasteiger partial charge in [0.25, 0.3) is 0 Å². The summed E-state index contributed by atoms with van der Waals surface area (Å²) >= 11 is 3.44. The number of carbonyl (C=O) groups is 1. The fourth-order valence-corrected chi connectivity index (χ4v) is 2.65. The van der Waals surface area contributed by atoms with Crippen molar-refractivity contribution in [2.75, 3.05) is 6.61 Å². The molecule has 0 spiro atoms. The second-order valence-corrected chi connectivity index (χ2v) is 6.07. The summed E-state index contributed by atoms with van der Waals surface area (Å²) in [6, 6.07) is 15.3. The normalized spacial score (nSPS) is 10.5. The molecule has 0 aliphatic rings. The van der Waals surface area contributed by atoms with Crippen LogP contribution in [0.1, 0.15) is 23.0 Å². The van der Waals surface area contributed by atoms with E-state index in [1.807, 2.05) is 48.5 Å². The summed E-state index contributed by atoms with van der Waals surface area (Å²) in [5, 5.41) is 10.5. The third-order valence-corrected chi connectivity index (χ3v) is 3.95. The molecule has 3 aromatic rings. The first-order chi connectivity index (χ1) is 12.2. The van der Waals surface area contributed by atoms with Gasteiger partial charge in [-0.15, -0.1) is 5.10 Å². The van der Waals surface area contributed by atoms with Gasteiger partial charge in [-0.3, -0.25) is 0 Å². The molecule has 0 radical (unpaired) electrons. The largest absolute Gasteiger partial charge is 0.488 e. The summed E-state index contributed by atoms with van der Waals surface area (Å²) in [5.41, 5.74) is 2.23. The van der Waals surface area contributed by atoms with Crippen molar-refractivity contribution < 1.29 is 14.3 Å². The van der Waals surface area contributed by atoms with Crippen LogP contribution in [0.25, 0.3) is 11.3 Å². The summed E-state index contributed by atoms with van der Waals surface area (Å²) in [5.74, 6) is 0.0702. The van der Waals surface area contributed by atoms with E-state index in [9.17, 15) is 4.79 Å². The molecule has 0 unspecified atom stereocenters. The van der Waals surface area contributed by atoms with Crippen molar-refractivity contribution in [3.63, 3.8) is 0 Å². The maximum absolute atomic E-state index is 12.1. The molecule has 1 aromatic heterocycles. The van der Waals surface area contributed by atoms with Crippen LogP contribution in [0.4, 0.5) is 0 Å². The third kappa shape index (κ3) is 4.06. The molecule has 1 heterocycles. The van der Waals surface area contributed by atoms with Crippen LogP contribution >= 0.6 is 15.9 Å².